The summed E-state index contributed by atoms with van der Waals surface area (Å²) in [6, 6.07) is 5.53. The van der Waals surface area contributed by atoms with Crippen LogP contribution in [-0.4, -0.2) is 40.2 Å². The van der Waals surface area contributed by atoms with Crippen LogP contribution in [0.2, 0.25) is 5.02 Å². The Balaban J connectivity index is 1.85. The number of aromatic amines is 1. The van der Waals surface area contributed by atoms with Gasteiger partial charge in [0, 0.05) is 18.1 Å². The average Bonchev–Trinajstić information content (AvgIpc) is 2.97. The van der Waals surface area contributed by atoms with Gasteiger partial charge in [-0.1, -0.05) is 24.4 Å². The molecule has 0 amide bonds. The number of aromatic nitrogens is 2. The average molecular weight is 359 g/mol. The van der Waals surface area contributed by atoms with Crippen molar-refractivity contribution in [1.29, 1.82) is 0 Å². The molecule has 6 nitrogen and oxygen atoms in total. The van der Waals surface area contributed by atoms with Crippen molar-refractivity contribution in [3.05, 3.63) is 23.2 Å². The number of hydrazone groups is 1. The summed E-state index contributed by atoms with van der Waals surface area (Å²) in [5.41, 5.74) is 7.28. The van der Waals surface area contributed by atoms with Gasteiger partial charge < -0.3 is 4.98 Å². The summed E-state index contributed by atoms with van der Waals surface area (Å²) in [6.07, 6.45) is 4.64. The fraction of sp³-hybridized carbons (Fsp3) is 0.444. The monoisotopic (exact) mass is 358 g/mol. The molecule has 132 valence electrons. The summed E-state index contributed by atoms with van der Waals surface area (Å²) in [5, 5.41) is 5.19. The predicted molar refractivity (Wildman–Crippen MR) is 107 cm³/mol. The van der Waals surface area contributed by atoms with E-state index in [0.29, 0.717) is 11.0 Å². The van der Waals surface area contributed by atoms with Crippen LogP contribution < -0.4 is 5.43 Å². The number of aliphatic imine (C=N–C) groups is 2. The molecule has 2 N–H and O–H groups in total. The number of fused-ring (bicyclic) bond motifs is 1. The smallest absolute Gasteiger partial charge is 0.222 e. The SMILES string of the molecule is CC1=NCCCCCCN=C(C)C1=NNc1nc2ccc(Cl)cc2[nH]1. The highest BCUT2D eigenvalue weighted by molar-refractivity contribution is 6.68. The second kappa shape index (κ2) is 8.25. The Labute approximate surface area is 152 Å². The van der Waals surface area contributed by atoms with Gasteiger partial charge in [-0.05, 0) is 44.9 Å². The van der Waals surface area contributed by atoms with Gasteiger partial charge in [-0.25, -0.2) is 10.4 Å². The minimum atomic E-state index is 0.569. The lowest BCUT2D eigenvalue weighted by Gasteiger charge is -2.06. The lowest BCUT2D eigenvalue weighted by atomic mass is 10.1. The first-order valence-corrected chi connectivity index (χ1v) is 9.03. The maximum absolute atomic E-state index is 6.01. The number of rotatable bonds is 2. The summed E-state index contributed by atoms with van der Waals surface area (Å²) in [5.74, 6) is 0.569. The minimum Gasteiger partial charge on any atom is -0.323 e. The van der Waals surface area contributed by atoms with Gasteiger partial charge in [-0.15, -0.1) is 0 Å². The fourth-order valence-corrected chi connectivity index (χ4v) is 2.96. The Bertz CT molecular complexity index is 807. The van der Waals surface area contributed by atoms with Crippen LogP contribution >= 0.6 is 11.6 Å². The summed E-state index contributed by atoms with van der Waals surface area (Å²) in [6.45, 7) is 5.63. The molecule has 0 saturated carbocycles. The molecule has 2 aromatic rings. The molecule has 0 bridgehead atoms. The zero-order valence-electron chi connectivity index (χ0n) is 14.6. The molecular weight excluding hydrogens is 336 g/mol. The van der Waals surface area contributed by atoms with Gasteiger partial charge in [0.1, 0.15) is 5.71 Å². The molecule has 0 aliphatic carbocycles. The minimum absolute atomic E-state index is 0.569. The van der Waals surface area contributed by atoms with Crippen LogP contribution in [0.4, 0.5) is 5.95 Å². The number of halogens is 1. The van der Waals surface area contributed by atoms with Gasteiger partial charge in [-0.2, -0.15) is 5.10 Å². The number of benzene rings is 1. The second-order valence-corrected chi connectivity index (χ2v) is 6.60. The Morgan fingerprint density at radius 1 is 1.04 bits per heavy atom. The Morgan fingerprint density at radius 3 is 2.40 bits per heavy atom. The van der Waals surface area contributed by atoms with E-state index in [-0.39, 0.29) is 0 Å². The molecule has 25 heavy (non-hydrogen) atoms. The van der Waals surface area contributed by atoms with Crippen LogP contribution in [0.3, 0.4) is 0 Å². The van der Waals surface area contributed by atoms with Crippen LogP contribution in [0, 0.1) is 0 Å². The van der Waals surface area contributed by atoms with E-state index in [1.165, 1.54) is 12.8 Å². The summed E-state index contributed by atoms with van der Waals surface area (Å²) in [4.78, 5) is 16.9. The number of nitrogens with zero attached hydrogens (tertiary/aromatic N) is 4. The summed E-state index contributed by atoms with van der Waals surface area (Å²) < 4.78 is 0. The molecule has 3 rings (SSSR count). The maximum atomic E-state index is 6.01. The maximum Gasteiger partial charge on any atom is 0.222 e. The lowest BCUT2D eigenvalue weighted by molar-refractivity contribution is 0.655. The number of anilines is 1. The number of H-pyrrole nitrogens is 1. The molecular formula is C18H23ClN6. The largest absolute Gasteiger partial charge is 0.323 e. The second-order valence-electron chi connectivity index (χ2n) is 6.17. The standard InChI is InChI=1S/C18H23ClN6/c1-12-17(13(2)21-10-6-4-3-5-9-20-12)24-25-18-22-15-8-7-14(19)11-16(15)23-18/h7-8,11H,3-6,9-10H2,1-2H3,(H2,22,23,25). The molecule has 2 heterocycles. The van der Waals surface area contributed by atoms with Crippen LogP contribution in [0.25, 0.3) is 11.0 Å². The molecule has 0 unspecified atom stereocenters. The molecule has 7 heteroatoms. The van der Waals surface area contributed by atoms with Crippen molar-refractivity contribution in [3.63, 3.8) is 0 Å². The highest BCUT2D eigenvalue weighted by Crippen LogP contribution is 2.19. The normalized spacial score (nSPS) is 16.8. The summed E-state index contributed by atoms with van der Waals surface area (Å²) in [7, 11) is 0. The first kappa shape index (κ1) is 17.6. The highest BCUT2D eigenvalue weighted by Gasteiger charge is 2.10. The van der Waals surface area contributed by atoms with Gasteiger partial charge in [0.25, 0.3) is 0 Å². The van der Waals surface area contributed by atoms with Gasteiger partial charge >= 0.3 is 0 Å². The quantitative estimate of drug-likeness (QED) is 0.776. The fourth-order valence-electron chi connectivity index (χ4n) is 2.79. The predicted octanol–water partition coefficient (Wildman–Crippen LogP) is 4.48. The van der Waals surface area contributed by atoms with E-state index in [1.807, 2.05) is 32.0 Å². The molecule has 0 spiro atoms. The van der Waals surface area contributed by atoms with E-state index < -0.39 is 0 Å². The van der Waals surface area contributed by atoms with E-state index in [1.54, 1.807) is 0 Å². The van der Waals surface area contributed by atoms with Gasteiger partial charge in [0.05, 0.1) is 22.5 Å². The number of hydrogen-bond acceptors (Lipinski definition) is 5. The Hall–Kier alpha value is -2.21. The van der Waals surface area contributed by atoms with Crippen LogP contribution in [0.15, 0.2) is 33.3 Å². The van der Waals surface area contributed by atoms with E-state index in [2.05, 4.69) is 30.5 Å². The van der Waals surface area contributed by atoms with Crippen molar-refractivity contribution >= 4 is 45.7 Å². The first-order chi connectivity index (χ1) is 12.1. The third-order valence-electron chi connectivity index (χ3n) is 4.17. The van der Waals surface area contributed by atoms with Gasteiger partial charge in [0.2, 0.25) is 5.95 Å². The Kier molecular flexibility index (Phi) is 5.81. The van der Waals surface area contributed by atoms with Crippen molar-refractivity contribution in [2.75, 3.05) is 18.5 Å². The van der Waals surface area contributed by atoms with Gasteiger partial charge in [-0.3, -0.25) is 9.98 Å². The number of hydrogen-bond donors (Lipinski definition) is 2. The van der Waals surface area contributed by atoms with Crippen molar-refractivity contribution < 1.29 is 0 Å². The zero-order valence-corrected chi connectivity index (χ0v) is 15.4. The van der Waals surface area contributed by atoms with E-state index in [4.69, 9.17) is 11.6 Å². The van der Waals surface area contributed by atoms with E-state index in [9.17, 15) is 0 Å². The third-order valence-corrected chi connectivity index (χ3v) is 4.40. The van der Waals surface area contributed by atoms with Crippen LogP contribution in [0.5, 0.6) is 0 Å². The molecule has 0 atom stereocenters. The first-order valence-electron chi connectivity index (χ1n) is 8.65. The van der Waals surface area contributed by atoms with E-state index in [0.717, 1.165) is 54.1 Å². The molecule has 1 aliphatic heterocycles. The van der Waals surface area contributed by atoms with E-state index >= 15 is 0 Å². The highest BCUT2D eigenvalue weighted by atomic mass is 35.5. The molecule has 1 aromatic heterocycles. The van der Waals surface area contributed by atoms with Crippen molar-refractivity contribution in [3.8, 4) is 0 Å². The number of nitrogens with one attached hydrogen (secondary N) is 2. The van der Waals surface area contributed by atoms with Crippen molar-refractivity contribution in [2.45, 2.75) is 39.5 Å². The molecule has 0 saturated heterocycles. The Morgan fingerprint density at radius 2 is 1.72 bits per heavy atom. The molecule has 0 fully saturated rings. The van der Waals surface area contributed by atoms with Crippen molar-refractivity contribution in [2.24, 2.45) is 15.1 Å². The van der Waals surface area contributed by atoms with Crippen LogP contribution in [-0.2, 0) is 0 Å². The van der Waals surface area contributed by atoms with Gasteiger partial charge in [0.15, 0.2) is 0 Å². The van der Waals surface area contributed by atoms with Crippen molar-refractivity contribution in [1.82, 2.24) is 9.97 Å². The zero-order chi connectivity index (χ0) is 17.6. The number of imidazole rings is 1. The topological polar surface area (TPSA) is 77.8 Å². The summed E-state index contributed by atoms with van der Waals surface area (Å²) >= 11 is 6.01. The third kappa shape index (κ3) is 4.66. The van der Waals surface area contributed by atoms with Crippen LogP contribution in [0.1, 0.15) is 39.5 Å². The molecule has 1 aliphatic rings. The molecule has 0 radical (unpaired) electrons. The molecule has 1 aromatic carbocycles. The lowest BCUT2D eigenvalue weighted by Crippen LogP contribution is -2.22.